The molecule has 0 aliphatic rings. The van der Waals surface area contributed by atoms with E-state index in [0.717, 1.165) is 5.75 Å². The van der Waals surface area contributed by atoms with E-state index in [1.165, 1.54) is 11.8 Å². The van der Waals surface area contributed by atoms with E-state index in [4.69, 9.17) is 22.6 Å². The maximum atomic E-state index is 8.62. The van der Waals surface area contributed by atoms with Gasteiger partial charge in [-0.05, 0) is 5.75 Å². The highest BCUT2D eigenvalue weighted by atomic mass is 35.5. The molecule has 0 saturated carbocycles. The van der Waals surface area contributed by atoms with Crippen LogP contribution in [-0.2, 0) is 0 Å². The van der Waals surface area contributed by atoms with E-state index in [1.807, 2.05) is 13.0 Å². The highest BCUT2D eigenvalue weighted by molar-refractivity contribution is 7.99. The van der Waals surface area contributed by atoms with Crippen molar-refractivity contribution in [1.82, 2.24) is 9.97 Å². The van der Waals surface area contributed by atoms with Gasteiger partial charge in [0.15, 0.2) is 10.3 Å². The van der Waals surface area contributed by atoms with E-state index >= 15 is 0 Å². The molecule has 1 aromatic heterocycles. The first-order valence-electron chi connectivity index (χ1n) is 3.55. The quantitative estimate of drug-likeness (QED) is 0.461. The highest BCUT2D eigenvalue weighted by Crippen LogP contribution is 2.22. The van der Waals surface area contributed by atoms with Gasteiger partial charge in [0.1, 0.15) is 17.5 Å². The topological polar surface area (TPSA) is 75.6 Å². The lowest BCUT2D eigenvalue weighted by Crippen LogP contribution is -1.99. The van der Waals surface area contributed by atoms with Crippen molar-refractivity contribution < 1.29 is 0 Å². The second kappa shape index (κ2) is 4.30. The fourth-order valence-electron chi connectivity index (χ4n) is 0.727. The molecule has 0 atom stereocenters. The van der Waals surface area contributed by atoms with E-state index in [-0.39, 0.29) is 16.5 Å². The number of thioether (sulfide) groups is 1. The van der Waals surface area contributed by atoms with Crippen LogP contribution in [0, 0.1) is 11.3 Å². The van der Waals surface area contributed by atoms with Crippen LogP contribution < -0.4 is 5.73 Å². The van der Waals surface area contributed by atoms with Crippen molar-refractivity contribution in [1.29, 1.82) is 5.26 Å². The summed E-state index contributed by atoms with van der Waals surface area (Å²) in [5, 5.41) is 9.24. The van der Waals surface area contributed by atoms with Crippen LogP contribution in [0.25, 0.3) is 0 Å². The molecule has 0 fully saturated rings. The fourth-order valence-corrected chi connectivity index (χ4v) is 1.57. The molecule has 1 aromatic rings. The monoisotopic (exact) mass is 214 g/mol. The van der Waals surface area contributed by atoms with Gasteiger partial charge < -0.3 is 5.73 Å². The Bertz CT molecular complexity index is 337. The zero-order valence-corrected chi connectivity index (χ0v) is 8.48. The highest BCUT2D eigenvalue weighted by Gasteiger charge is 2.09. The summed E-state index contributed by atoms with van der Waals surface area (Å²) in [6, 6.07) is 1.84. The van der Waals surface area contributed by atoms with Crippen molar-refractivity contribution in [2.75, 3.05) is 11.5 Å². The molecule has 0 saturated heterocycles. The Morgan fingerprint density at radius 2 is 2.31 bits per heavy atom. The molecular weight excluding hydrogens is 208 g/mol. The lowest BCUT2D eigenvalue weighted by Gasteiger charge is -2.01. The van der Waals surface area contributed by atoms with E-state index in [2.05, 4.69) is 9.97 Å². The lowest BCUT2D eigenvalue weighted by atomic mass is 10.3. The minimum Gasteiger partial charge on any atom is -0.382 e. The number of hydrogen-bond donors (Lipinski definition) is 1. The van der Waals surface area contributed by atoms with Gasteiger partial charge in [0.2, 0.25) is 0 Å². The summed E-state index contributed by atoms with van der Waals surface area (Å²) >= 11 is 7.13. The van der Waals surface area contributed by atoms with Gasteiger partial charge in [-0.25, -0.2) is 9.97 Å². The third-order valence-electron chi connectivity index (χ3n) is 1.26. The molecule has 1 heterocycles. The largest absolute Gasteiger partial charge is 0.382 e. The molecule has 2 N–H and O–H groups in total. The molecule has 0 amide bonds. The molecule has 0 aliphatic heterocycles. The number of nitrogens with two attached hydrogens (primary N) is 1. The Morgan fingerprint density at radius 1 is 1.62 bits per heavy atom. The summed E-state index contributed by atoms with van der Waals surface area (Å²) in [7, 11) is 0. The van der Waals surface area contributed by atoms with Gasteiger partial charge in [0.05, 0.1) is 0 Å². The normalized spacial score (nSPS) is 9.62. The van der Waals surface area contributed by atoms with Crippen LogP contribution in [0.3, 0.4) is 0 Å². The minimum atomic E-state index is 0.117. The van der Waals surface area contributed by atoms with Crippen LogP contribution in [-0.4, -0.2) is 15.7 Å². The molecule has 0 aromatic carbocycles. The molecule has 0 aliphatic carbocycles. The smallest absolute Gasteiger partial charge is 0.191 e. The fraction of sp³-hybridized carbons (Fsp3) is 0.286. The van der Waals surface area contributed by atoms with Gasteiger partial charge >= 0.3 is 0 Å². The number of nitrogen functional groups attached to an aromatic ring is 1. The van der Waals surface area contributed by atoms with Crippen molar-refractivity contribution in [3.05, 3.63) is 10.7 Å². The number of nitrogens with zero attached hydrogens (tertiary/aromatic N) is 3. The van der Waals surface area contributed by atoms with Crippen LogP contribution >= 0.6 is 23.4 Å². The van der Waals surface area contributed by atoms with Crippen LogP contribution in [0.4, 0.5) is 5.82 Å². The molecule has 0 radical (unpaired) electrons. The Hall–Kier alpha value is -0.990. The van der Waals surface area contributed by atoms with E-state index in [9.17, 15) is 0 Å². The number of halogens is 1. The van der Waals surface area contributed by atoms with Gasteiger partial charge in [0, 0.05) is 0 Å². The van der Waals surface area contributed by atoms with Crippen molar-refractivity contribution in [3.63, 3.8) is 0 Å². The number of rotatable bonds is 2. The lowest BCUT2D eigenvalue weighted by molar-refractivity contribution is 0.970. The predicted octanol–water partition coefficient (Wildman–Crippen LogP) is 1.70. The van der Waals surface area contributed by atoms with Crippen LogP contribution in [0.15, 0.2) is 5.16 Å². The first kappa shape index (κ1) is 10.1. The molecule has 0 bridgehead atoms. The van der Waals surface area contributed by atoms with Crippen molar-refractivity contribution in [2.45, 2.75) is 12.1 Å². The molecule has 6 heteroatoms. The molecule has 13 heavy (non-hydrogen) atoms. The van der Waals surface area contributed by atoms with Crippen LogP contribution in [0.5, 0.6) is 0 Å². The van der Waals surface area contributed by atoms with Gasteiger partial charge in [-0.2, -0.15) is 5.26 Å². The predicted molar refractivity (Wildman–Crippen MR) is 52.6 cm³/mol. The molecule has 0 spiro atoms. The SMILES string of the molecule is CCSc1nc(N)c(C#N)c(Cl)n1. The molecule has 1 rings (SSSR count). The van der Waals surface area contributed by atoms with Gasteiger partial charge in [-0.3, -0.25) is 0 Å². The minimum absolute atomic E-state index is 0.117. The Morgan fingerprint density at radius 3 is 2.77 bits per heavy atom. The number of anilines is 1. The van der Waals surface area contributed by atoms with Gasteiger partial charge in [-0.1, -0.05) is 30.3 Å². The van der Waals surface area contributed by atoms with E-state index < -0.39 is 0 Å². The summed E-state index contributed by atoms with van der Waals surface area (Å²) in [4.78, 5) is 7.83. The third-order valence-corrected chi connectivity index (χ3v) is 2.26. The van der Waals surface area contributed by atoms with Crippen LogP contribution in [0.2, 0.25) is 5.15 Å². The number of nitriles is 1. The first-order valence-corrected chi connectivity index (χ1v) is 4.91. The van der Waals surface area contributed by atoms with Gasteiger partial charge in [0.25, 0.3) is 0 Å². The average Bonchev–Trinajstić information content (AvgIpc) is 2.04. The van der Waals surface area contributed by atoms with E-state index in [0.29, 0.717) is 5.16 Å². The summed E-state index contributed by atoms with van der Waals surface area (Å²) < 4.78 is 0. The summed E-state index contributed by atoms with van der Waals surface area (Å²) in [5.74, 6) is 0.972. The summed E-state index contributed by atoms with van der Waals surface area (Å²) in [5.41, 5.74) is 5.63. The van der Waals surface area contributed by atoms with Crippen molar-refractivity contribution >= 4 is 29.2 Å². The van der Waals surface area contributed by atoms with Crippen LogP contribution in [0.1, 0.15) is 12.5 Å². The van der Waals surface area contributed by atoms with Crippen molar-refractivity contribution in [2.24, 2.45) is 0 Å². The second-order valence-electron chi connectivity index (χ2n) is 2.10. The molecular formula is C7H7ClN4S. The maximum absolute atomic E-state index is 8.62. The summed E-state index contributed by atoms with van der Waals surface area (Å²) in [6.07, 6.45) is 0. The number of aromatic nitrogens is 2. The molecule has 68 valence electrons. The maximum Gasteiger partial charge on any atom is 0.191 e. The first-order chi connectivity index (χ1) is 6.19. The van der Waals surface area contributed by atoms with Crippen molar-refractivity contribution in [3.8, 4) is 6.07 Å². The molecule has 0 unspecified atom stereocenters. The third kappa shape index (κ3) is 2.23. The zero-order chi connectivity index (χ0) is 9.84. The Kier molecular flexibility index (Phi) is 3.34. The summed E-state index contributed by atoms with van der Waals surface area (Å²) in [6.45, 7) is 1.97. The Balaban J connectivity index is 3.14. The van der Waals surface area contributed by atoms with E-state index in [1.54, 1.807) is 0 Å². The molecule has 4 nitrogen and oxygen atoms in total. The number of hydrogen-bond acceptors (Lipinski definition) is 5. The van der Waals surface area contributed by atoms with Gasteiger partial charge in [-0.15, -0.1) is 0 Å². The Labute approximate surface area is 85.1 Å². The second-order valence-corrected chi connectivity index (χ2v) is 3.69. The average molecular weight is 215 g/mol. The standard InChI is InChI=1S/C7H7ClN4S/c1-2-13-7-11-5(8)4(3-9)6(10)12-7/h2H2,1H3,(H2,10,11,12). The zero-order valence-electron chi connectivity index (χ0n) is 6.91.